The Labute approximate surface area is 100 Å². The molecule has 0 unspecified atom stereocenters. The van der Waals surface area contributed by atoms with Gasteiger partial charge in [0, 0.05) is 0 Å². The van der Waals surface area contributed by atoms with E-state index in [0.717, 1.165) is 5.75 Å². The fourth-order valence-corrected chi connectivity index (χ4v) is 1.23. The van der Waals surface area contributed by atoms with E-state index >= 15 is 0 Å². The van der Waals surface area contributed by atoms with Gasteiger partial charge in [-0.25, -0.2) is 0 Å². The molecule has 2 aromatic rings. The van der Waals surface area contributed by atoms with Crippen molar-refractivity contribution in [2.75, 3.05) is 7.11 Å². The summed E-state index contributed by atoms with van der Waals surface area (Å²) in [6, 6.07) is 14.9. The van der Waals surface area contributed by atoms with Gasteiger partial charge in [0.05, 0.1) is 7.11 Å². The zero-order valence-corrected chi connectivity index (χ0v) is 12.5. The molecule has 0 amide bonds. The number of hydrogen-bond donors (Lipinski definition) is 0. The van der Waals surface area contributed by atoms with Crippen LogP contribution in [-0.4, -0.2) is 7.11 Å². The molecular weight excluding hydrogens is 293 g/mol. The zero-order chi connectivity index (χ0) is 10.4. The van der Waals surface area contributed by atoms with Crippen molar-refractivity contribution in [1.82, 2.24) is 0 Å². The van der Waals surface area contributed by atoms with E-state index in [2.05, 4.69) is 19.7 Å². The molecule has 0 saturated heterocycles. The predicted octanol–water partition coefficient (Wildman–Crippen LogP) is 3.49. The molecule has 68 valence electrons. The summed E-state index contributed by atoms with van der Waals surface area (Å²) in [7, 11) is 1.68. The molecule has 2 rings (SSSR count). The molecular formula is C11H9BrOZn. The van der Waals surface area contributed by atoms with Crippen LogP contribution in [0.2, 0.25) is 0 Å². The SMILES string of the molecule is COc1ccc2c[c-]ccc2c1.[Zn+][Br]. The molecule has 0 aromatic heterocycles. The van der Waals surface area contributed by atoms with Crippen LogP contribution in [-0.2, 0) is 16.3 Å². The molecule has 0 N–H and O–H groups in total. The third-order valence-electron chi connectivity index (χ3n) is 1.89. The van der Waals surface area contributed by atoms with Crippen LogP contribution in [0.15, 0.2) is 36.4 Å². The van der Waals surface area contributed by atoms with E-state index in [1.54, 1.807) is 7.11 Å². The van der Waals surface area contributed by atoms with E-state index < -0.39 is 0 Å². The number of hydrogen-bond acceptors (Lipinski definition) is 1. The van der Waals surface area contributed by atoms with Crippen LogP contribution in [0.5, 0.6) is 5.75 Å². The number of benzene rings is 2. The summed E-state index contributed by atoms with van der Waals surface area (Å²) >= 11 is 4.25. The standard InChI is InChI=1S/C11H9O.BrH.Zn/c1-12-11-7-6-9-4-2-3-5-10(9)8-11;;/h3-8H,1H3;1H;/q-1;;+2/p-1. The van der Waals surface area contributed by atoms with Crippen molar-refractivity contribution in [2.45, 2.75) is 0 Å². The first-order valence-corrected chi connectivity index (χ1v) is 11.1. The maximum absolute atomic E-state index is 5.11. The van der Waals surface area contributed by atoms with Gasteiger partial charge in [0.2, 0.25) is 0 Å². The number of ether oxygens (including phenoxy) is 1. The van der Waals surface area contributed by atoms with Crippen LogP contribution in [0.25, 0.3) is 10.8 Å². The summed E-state index contributed by atoms with van der Waals surface area (Å²) in [6.07, 6.45) is 0. The third kappa shape index (κ3) is 2.80. The Balaban J connectivity index is 0.000000461. The van der Waals surface area contributed by atoms with Gasteiger partial charge in [0.25, 0.3) is 0 Å². The quantitative estimate of drug-likeness (QED) is 0.579. The molecule has 0 radical (unpaired) electrons. The molecule has 0 heterocycles. The Hall–Kier alpha value is -0.397. The Bertz CT molecular complexity index is 403. The van der Waals surface area contributed by atoms with Crippen molar-refractivity contribution in [2.24, 2.45) is 0 Å². The topological polar surface area (TPSA) is 9.23 Å². The van der Waals surface area contributed by atoms with E-state index in [1.165, 1.54) is 27.1 Å². The van der Waals surface area contributed by atoms with Crippen LogP contribution < -0.4 is 4.74 Å². The number of fused-ring (bicyclic) bond motifs is 1. The van der Waals surface area contributed by atoms with Gasteiger partial charge in [-0.1, -0.05) is 0 Å². The van der Waals surface area contributed by atoms with Crippen molar-refractivity contribution in [3.63, 3.8) is 0 Å². The van der Waals surface area contributed by atoms with E-state index in [1.807, 2.05) is 36.4 Å². The van der Waals surface area contributed by atoms with Crippen LogP contribution in [0.4, 0.5) is 0 Å². The zero-order valence-electron chi connectivity index (χ0n) is 7.96. The van der Waals surface area contributed by atoms with Crippen LogP contribution in [0.3, 0.4) is 0 Å². The van der Waals surface area contributed by atoms with Gasteiger partial charge in [-0.15, -0.1) is 16.8 Å². The summed E-state index contributed by atoms with van der Waals surface area (Å²) in [5, 5.41) is 2.38. The Morgan fingerprint density at radius 1 is 1.21 bits per heavy atom. The Morgan fingerprint density at radius 2 is 2.00 bits per heavy atom. The normalized spacial score (nSPS) is 9.14. The average molecular weight is 302 g/mol. The van der Waals surface area contributed by atoms with Crippen molar-refractivity contribution < 1.29 is 21.1 Å². The van der Waals surface area contributed by atoms with Gasteiger partial charge in [-0.3, -0.25) is 0 Å². The summed E-state index contributed by atoms with van der Waals surface area (Å²) in [6.45, 7) is 0. The summed E-state index contributed by atoms with van der Waals surface area (Å²) in [5.41, 5.74) is 0. The minimum atomic E-state index is 0.897. The van der Waals surface area contributed by atoms with Crippen molar-refractivity contribution >= 4 is 24.4 Å². The van der Waals surface area contributed by atoms with Gasteiger partial charge in [0.1, 0.15) is 5.75 Å². The van der Waals surface area contributed by atoms with Gasteiger partial charge in [-0.2, -0.15) is 24.3 Å². The van der Waals surface area contributed by atoms with Gasteiger partial charge in [0.15, 0.2) is 0 Å². The number of methoxy groups -OCH3 is 1. The Kier molecular flexibility index (Phi) is 5.13. The Morgan fingerprint density at radius 3 is 2.71 bits per heavy atom. The molecule has 0 fully saturated rings. The van der Waals surface area contributed by atoms with Crippen LogP contribution in [0.1, 0.15) is 0 Å². The van der Waals surface area contributed by atoms with E-state index in [-0.39, 0.29) is 0 Å². The molecule has 3 heteroatoms. The van der Waals surface area contributed by atoms with E-state index in [0.29, 0.717) is 0 Å². The molecule has 1 nitrogen and oxygen atoms in total. The van der Waals surface area contributed by atoms with Gasteiger partial charge >= 0.3 is 30.0 Å². The first-order chi connectivity index (χ1) is 6.90. The van der Waals surface area contributed by atoms with E-state index in [4.69, 9.17) is 4.74 Å². The average Bonchev–Trinajstić information content (AvgIpc) is 2.31. The predicted molar refractivity (Wildman–Crippen MR) is 58.3 cm³/mol. The van der Waals surface area contributed by atoms with Gasteiger partial charge in [-0.05, 0) is 12.1 Å². The second-order valence-corrected chi connectivity index (χ2v) is 2.64. The van der Waals surface area contributed by atoms with Crippen molar-refractivity contribution in [3.05, 3.63) is 42.5 Å². The monoisotopic (exact) mass is 300 g/mol. The molecule has 0 saturated carbocycles. The second kappa shape index (κ2) is 6.16. The summed E-state index contributed by atoms with van der Waals surface area (Å²) in [5.74, 6) is 0.897. The first kappa shape index (κ1) is 11.7. The molecule has 0 spiro atoms. The molecule has 0 aliphatic rings. The van der Waals surface area contributed by atoms with Crippen molar-refractivity contribution in [1.29, 1.82) is 0 Å². The number of halogens is 1. The molecule has 2 aromatic carbocycles. The third-order valence-corrected chi connectivity index (χ3v) is 1.89. The summed E-state index contributed by atoms with van der Waals surface area (Å²) in [4.78, 5) is 0. The fourth-order valence-electron chi connectivity index (χ4n) is 1.23. The molecule has 0 bridgehead atoms. The van der Waals surface area contributed by atoms with Crippen LogP contribution in [0, 0.1) is 6.07 Å². The van der Waals surface area contributed by atoms with Crippen LogP contribution >= 0.6 is 13.6 Å². The number of rotatable bonds is 1. The maximum atomic E-state index is 5.11. The molecule has 0 atom stereocenters. The van der Waals surface area contributed by atoms with Gasteiger partial charge < -0.3 is 4.74 Å². The summed E-state index contributed by atoms with van der Waals surface area (Å²) < 4.78 is 5.11. The molecule has 0 aliphatic carbocycles. The molecule has 14 heavy (non-hydrogen) atoms. The first-order valence-electron chi connectivity index (χ1n) is 4.11. The fraction of sp³-hybridized carbons (Fsp3) is 0.0909. The van der Waals surface area contributed by atoms with E-state index in [9.17, 15) is 0 Å². The van der Waals surface area contributed by atoms with Crippen molar-refractivity contribution in [3.8, 4) is 5.75 Å². The molecule has 0 aliphatic heterocycles. The second-order valence-electron chi connectivity index (χ2n) is 2.64. The minimum absolute atomic E-state index is 0.897.